The molecule has 0 aliphatic carbocycles. The van der Waals surface area contributed by atoms with Gasteiger partial charge < -0.3 is 9.88 Å². The topological polar surface area (TPSA) is 68.5 Å². The number of nitrogens with zero attached hydrogens (tertiary/aromatic N) is 5. The Labute approximate surface area is 210 Å². The molecule has 10 heteroatoms. The average molecular weight is 509 g/mol. The zero-order chi connectivity index (χ0) is 25.4. The molecular weight excluding hydrogens is 485 g/mol. The molecule has 6 nitrogen and oxygen atoms in total. The molecule has 3 aromatic heterocycles. The third kappa shape index (κ3) is 4.68. The van der Waals surface area contributed by atoms with Crippen molar-refractivity contribution in [3.63, 3.8) is 0 Å². The molecule has 3 heterocycles. The number of aryl methyl sites for hydroxylation is 1. The number of aromatic nitrogens is 5. The third-order valence-corrected chi connectivity index (χ3v) is 6.50. The number of rotatable bonds is 6. The van der Waals surface area contributed by atoms with E-state index >= 15 is 0 Å². The van der Waals surface area contributed by atoms with Crippen LogP contribution in [-0.4, -0.2) is 23.9 Å². The minimum Gasteiger partial charge on any atom is -0.364 e. The number of benzene rings is 2. The van der Waals surface area contributed by atoms with E-state index in [1.54, 1.807) is 19.2 Å². The summed E-state index contributed by atoms with van der Waals surface area (Å²) < 4.78 is 44.9. The Morgan fingerprint density at radius 1 is 1.00 bits per heavy atom. The molecule has 184 valence electrons. The molecule has 0 fully saturated rings. The van der Waals surface area contributed by atoms with Crippen LogP contribution in [0.2, 0.25) is 0 Å². The van der Waals surface area contributed by atoms with Gasteiger partial charge in [-0.05, 0) is 28.6 Å². The van der Waals surface area contributed by atoms with Crippen molar-refractivity contribution in [2.75, 3.05) is 5.32 Å². The number of hydrogen-bond donors (Lipinski definition) is 1. The average Bonchev–Trinajstić information content (AvgIpc) is 3.49. The van der Waals surface area contributed by atoms with Gasteiger partial charge in [0.1, 0.15) is 16.9 Å². The van der Waals surface area contributed by atoms with Crippen LogP contribution in [0.1, 0.15) is 36.6 Å². The molecule has 0 saturated carbocycles. The Balaban J connectivity index is 1.40. The van der Waals surface area contributed by atoms with Gasteiger partial charge in [0.15, 0.2) is 17.3 Å². The number of fused-ring (bicyclic) bond motifs is 1. The zero-order valence-electron chi connectivity index (χ0n) is 19.8. The fourth-order valence-corrected chi connectivity index (χ4v) is 4.65. The van der Waals surface area contributed by atoms with Crippen molar-refractivity contribution in [1.82, 2.24) is 23.9 Å². The Morgan fingerprint density at radius 3 is 2.44 bits per heavy atom. The molecule has 0 amide bonds. The van der Waals surface area contributed by atoms with Crippen molar-refractivity contribution in [2.24, 2.45) is 7.05 Å². The molecule has 0 bridgehead atoms. The molecule has 0 aliphatic heterocycles. The second-order valence-electron chi connectivity index (χ2n) is 8.80. The monoisotopic (exact) mass is 508 g/mol. The Kier molecular flexibility index (Phi) is 6.21. The van der Waals surface area contributed by atoms with Gasteiger partial charge in [0, 0.05) is 36.3 Å². The summed E-state index contributed by atoms with van der Waals surface area (Å²) >= 11 is 1.33. The van der Waals surface area contributed by atoms with Crippen LogP contribution < -0.4 is 5.32 Å². The highest BCUT2D eigenvalue weighted by molar-refractivity contribution is 7.04. The molecule has 5 rings (SSSR count). The lowest BCUT2D eigenvalue weighted by Gasteiger charge is -2.13. The first-order valence-electron chi connectivity index (χ1n) is 11.4. The third-order valence-electron chi connectivity index (χ3n) is 5.88. The summed E-state index contributed by atoms with van der Waals surface area (Å²) in [6.07, 6.45) is -3.49. The maximum Gasteiger partial charge on any atom is 0.434 e. The second kappa shape index (κ2) is 9.34. The summed E-state index contributed by atoms with van der Waals surface area (Å²) in [6, 6.07) is 15.4. The van der Waals surface area contributed by atoms with Gasteiger partial charge in [-0.3, -0.25) is 0 Å². The number of hydrogen-bond acceptors (Lipinski definition) is 6. The van der Waals surface area contributed by atoms with Crippen molar-refractivity contribution < 1.29 is 13.2 Å². The van der Waals surface area contributed by atoms with Crippen LogP contribution >= 0.6 is 11.5 Å². The first kappa shape index (κ1) is 23.9. The Morgan fingerprint density at radius 2 is 1.75 bits per heavy atom. The number of halogens is 3. The summed E-state index contributed by atoms with van der Waals surface area (Å²) in [5, 5.41) is 5.27. The van der Waals surface area contributed by atoms with E-state index in [1.807, 2.05) is 35.7 Å². The number of anilines is 1. The summed E-state index contributed by atoms with van der Waals surface area (Å²) in [5.41, 5.74) is 4.28. The molecule has 1 N–H and O–H groups in total. The molecule has 0 atom stereocenters. The highest BCUT2D eigenvalue weighted by Crippen LogP contribution is 2.32. The van der Waals surface area contributed by atoms with Crippen LogP contribution in [0.3, 0.4) is 0 Å². The highest BCUT2D eigenvalue weighted by atomic mass is 32.1. The van der Waals surface area contributed by atoms with Gasteiger partial charge in [-0.2, -0.15) is 17.5 Å². The molecule has 0 saturated heterocycles. The molecule has 36 heavy (non-hydrogen) atoms. The quantitative estimate of drug-likeness (QED) is 0.270. The van der Waals surface area contributed by atoms with Crippen LogP contribution in [0.15, 0.2) is 60.1 Å². The van der Waals surface area contributed by atoms with Crippen LogP contribution in [0.25, 0.3) is 33.8 Å². The number of alkyl halides is 3. The molecule has 0 spiro atoms. The minimum atomic E-state index is -4.48. The van der Waals surface area contributed by atoms with E-state index in [2.05, 4.69) is 34.6 Å². The first-order valence-corrected chi connectivity index (χ1v) is 12.2. The summed E-state index contributed by atoms with van der Waals surface area (Å²) in [4.78, 5) is 13.3. The fraction of sp³-hybridized carbons (Fsp3) is 0.231. The number of nitrogens with one attached hydrogen (secondary N) is 1. The van der Waals surface area contributed by atoms with Crippen molar-refractivity contribution in [1.29, 1.82) is 0 Å². The van der Waals surface area contributed by atoms with Crippen LogP contribution in [0.4, 0.5) is 19.0 Å². The molecule has 2 aromatic carbocycles. The van der Waals surface area contributed by atoms with Crippen molar-refractivity contribution in [3.05, 3.63) is 76.9 Å². The van der Waals surface area contributed by atoms with Crippen molar-refractivity contribution >= 4 is 28.4 Å². The van der Waals surface area contributed by atoms with E-state index in [9.17, 15) is 13.2 Å². The molecule has 5 aromatic rings. The van der Waals surface area contributed by atoms with E-state index < -0.39 is 11.9 Å². The summed E-state index contributed by atoms with van der Waals surface area (Å²) in [6.45, 7) is 4.74. The van der Waals surface area contributed by atoms with Gasteiger partial charge in [-0.1, -0.05) is 62.4 Å². The zero-order valence-corrected chi connectivity index (χ0v) is 20.7. The SMILES string of the molecule is CC(C)c1ccccc1-c1nc(NCc2ccc(-c3nc(C(F)(F)F)cn3C)cc2)c2nscc2n1. The Hall–Kier alpha value is -3.79. The van der Waals surface area contributed by atoms with Gasteiger partial charge in [-0.25, -0.2) is 15.0 Å². The van der Waals surface area contributed by atoms with Gasteiger partial charge in [0.25, 0.3) is 0 Å². The number of imidazole rings is 1. The lowest BCUT2D eigenvalue weighted by Crippen LogP contribution is -2.05. The van der Waals surface area contributed by atoms with Crippen LogP contribution in [0.5, 0.6) is 0 Å². The van der Waals surface area contributed by atoms with Crippen molar-refractivity contribution in [3.8, 4) is 22.8 Å². The van der Waals surface area contributed by atoms with Crippen LogP contribution in [-0.2, 0) is 19.8 Å². The van der Waals surface area contributed by atoms with Gasteiger partial charge in [0.05, 0.1) is 0 Å². The molecule has 0 radical (unpaired) electrons. The summed E-state index contributed by atoms with van der Waals surface area (Å²) in [7, 11) is 1.55. The Bertz CT molecular complexity index is 1520. The first-order chi connectivity index (χ1) is 17.2. The van der Waals surface area contributed by atoms with Gasteiger partial charge >= 0.3 is 6.18 Å². The largest absolute Gasteiger partial charge is 0.434 e. The fourth-order valence-electron chi connectivity index (χ4n) is 4.05. The predicted octanol–water partition coefficient (Wildman–Crippen LogP) is 6.91. The smallest absolute Gasteiger partial charge is 0.364 e. The summed E-state index contributed by atoms with van der Waals surface area (Å²) in [5.74, 6) is 1.86. The molecular formula is C26H23F3N6S. The van der Waals surface area contributed by atoms with E-state index in [0.29, 0.717) is 35.2 Å². The predicted molar refractivity (Wildman–Crippen MR) is 136 cm³/mol. The lowest BCUT2D eigenvalue weighted by molar-refractivity contribution is -0.140. The lowest BCUT2D eigenvalue weighted by atomic mass is 9.97. The minimum absolute atomic E-state index is 0.260. The van der Waals surface area contributed by atoms with Crippen LogP contribution in [0, 0.1) is 0 Å². The maximum absolute atomic E-state index is 13.0. The molecule has 0 aliphatic rings. The highest BCUT2D eigenvalue weighted by Gasteiger charge is 2.34. The van der Waals surface area contributed by atoms with E-state index in [0.717, 1.165) is 22.8 Å². The second-order valence-corrected chi connectivity index (χ2v) is 9.42. The standard InChI is InChI=1S/C26H23F3N6S/c1-15(2)18-6-4-5-7-19(18)23-31-20-14-36-34-22(20)24(33-23)30-12-16-8-10-17(11-9-16)25-32-21(13-35(25)3)26(27,28)29/h4-11,13-15H,12H2,1-3H3,(H,30,31,33). The maximum atomic E-state index is 13.0. The van der Waals surface area contributed by atoms with E-state index in [-0.39, 0.29) is 5.82 Å². The van der Waals surface area contributed by atoms with E-state index in [4.69, 9.17) is 9.97 Å². The van der Waals surface area contributed by atoms with Gasteiger partial charge in [-0.15, -0.1) is 0 Å². The van der Waals surface area contributed by atoms with Gasteiger partial charge in [0.2, 0.25) is 0 Å². The van der Waals surface area contributed by atoms with E-state index in [1.165, 1.54) is 21.7 Å². The normalized spacial score (nSPS) is 12.0. The van der Waals surface area contributed by atoms with Crippen molar-refractivity contribution in [2.45, 2.75) is 32.5 Å². The molecule has 0 unspecified atom stereocenters.